The number of carboxylic acid groups (broad SMARTS) is 1. The molecule has 1 saturated carbocycles. The summed E-state index contributed by atoms with van der Waals surface area (Å²) in [7, 11) is 0. The van der Waals surface area contributed by atoms with Gasteiger partial charge in [0.25, 0.3) is 0 Å². The number of nitrogens with one attached hydrogen (secondary N) is 1. The molecule has 2 N–H and O–H groups in total. The average molecular weight is 254 g/mol. The zero-order chi connectivity index (χ0) is 12.4. The van der Waals surface area contributed by atoms with Gasteiger partial charge in [0, 0.05) is 6.42 Å². The minimum absolute atomic E-state index is 0.0154. The molecular formula is C12H12ClNO3. The monoisotopic (exact) mass is 253 g/mol. The standard InChI is InChI=1S/C12H12ClNO3/c13-9-3-1-2-8(12(16)17)11(9)14-10(15)6-7-4-5-7/h1-3,7H,4-6H2,(H,14,15)(H,16,17). The fourth-order valence-corrected chi connectivity index (χ4v) is 1.83. The number of amides is 1. The maximum Gasteiger partial charge on any atom is 0.337 e. The Bertz CT molecular complexity index is 469. The van der Waals surface area contributed by atoms with E-state index in [1.54, 1.807) is 12.1 Å². The van der Waals surface area contributed by atoms with E-state index in [0.717, 1.165) is 12.8 Å². The number of para-hydroxylation sites is 1. The highest BCUT2D eigenvalue weighted by Gasteiger charge is 2.25. The van der Waals surface area contributed by atoms with Gasteiger partial charge in [0.2, 0.25) is 5.91 Å². The lowest BCUT2D eigenvalue weighted by Crippen LogP contribution is -2.15. The maximum absolute atomic E-state index is 11.6. The van der Waals surface area contributed by atoms with Crippen LogP contribution >= 0.6 is 11.6 Å². The van der Waals surface area contributed by atoms with Crippen LogP contribution in [0.5, 0.6) is 0 Å². The van der Waals surface area contributed by atoms with Gasteiger partial charge in [-0.3, -0.25) is 4.79 Å². The Balaban J connectivity index is 2.17. The van der Waals surface area contributed by atoms with Gasteiger partial charge in [-0.25, -0.2) is 4.79 Å². The molecule has 1 aromatic carbocycles. The van der Waals surface area contributed by atoms with Crippen molar-refractivity contribution in [2.45, 2.75) is 19.3 Å². The third-order valence-electron chi connectivity index (χ3n) is 2.68. The van der Waals surface area contributed by atoms with Crippen LogP contribution in [0.25, 0.3) is 0 Å². The number of halogens is 1. The number of anilines is 1. The Hall–Kier alpha value is -1.55. The molecule has 1 aromatic rings. The van der Waals surface area contributed by atoms with Crippen LogP contribution in [0, 0.1) is 5.92 Å². The summed E-state index contributed by atoms with van der Waals surface area (Å²) in [6.45, 7) is 0. The largest absolute Gasteiger partial charge is 0.478 e. The van der Waals surface area contributed by atoms with E-state index in [4.69, 9.17) is 16.7 Å². The average Bonchev–Trinajstić information content (AvgIpc) is 3.04. The molecule has 5 heteroatoms. The quantitative estimate of drug-likeness (QED) is 0.867. The van der Waals surface area contributed by atoms with Gasteiger partial charge in [0.05, 0.1) is 16.3 Å². The number of carboxylic acids is 1. The molecular weight excluding hydrogens is 242 g/mol. The number of aromatic carboxylic acids is 1. The van der Waals surface area contributed by atoms with Crippen LogP contribution in [-0.4, -0.2) is 17.0 Å². The molecule has 1 aliphatic carbocycles. The highest BCUT2D eigenvalue weighted by molar-refractivity contribution is 6.34. The summed E-state index contributed by atoms with van der Waals surface area (Å²) in [5.41, 5.74) is 0.203. The molecule has 2 rings (SSSR count). The normalized spacial score (nSPS) is 14.4. The third kappa shape index (κ3) is 2.97. The molecule has 1 fully saturated rings. The van der Waals surface area contributed by atoms with Crippen molar-refractivity contribution in [1.82, 2.24) is 0 Å². The van der Waals surface area contributed by atoms with Gasteiger partial charge in [-0.1, -0.05) is 17.7 Å². The molecule has 4 nitrogen and oxygen atoms in total. The van der Waals surface area contributed by atoms with Crippen molar-refractivity contribution in [2.75, 3.05) is 5.32 Å². The predicted molar refractivity (Wildman–Crippen MR) is 64.4 cm³/mol. The smallest absolute Gasteiger partial charge is 0.337 e. The number of carbonyl (C=O) groups is 2. The van der Waals surface area contributed by atoms with E-state index in [2.05, 4.69) is 5.32 Å². The second-order valence-electron chi connectivity index (χ2n) is 4.16. The summed E-state index contributed by atoms with van der Waals surface area (Å²) in [5, 5.41) is 11.8. The van der Waals surface area contributed by atoms with Gasteiger partial charge in [-0.05, 0) is 30.9 Å². The molecule has 90 valence electrons. The number of rotatable bonds is 4. The molecule has 0 aliphatic heterocycles. The van der Waals surface area contributed by atoms with Gasteiger partial charge < -0.3 is 10.4 Å². The lowest BCUT2D eigenvalue weighted by Gasteiger charge is -2.09. The number of hydrogen-bond acceptors (Lipinski definition) is 2. The van der Waals surface area contributed by atoms with E-state index in [-0.39, 0.29) is 22.2 Å². The third-order valence-corrected chi connectivity index (χ3v) is 2.99. The first-order valence-corrected chi connectivity index (χ1v) is 5.77. The van der Waals surface area contributed by atoms with Crippen molar-refractivity contribution in [3.63, 3.8) is 0 Å². The molecule has 0 heterocycles. The second-order valence-corrected chi connectivity index (χ2v) is 4.57. The van der Waals surface area contributed by atoms with Crippen LogP contribution in [0.15, 0.2) is 18.2 Å². The van der Waals surface area contributed by atoms with E-state index in [1.165, 1.54) is 6.07 Å². The summed E-state index contributed by atoms with van der Waals surface area (Å²) < 4.78 is 0. The number of hydrogen-bond donors (Lipinski definition) is 2. The number of benzene rings is 1. The van der Waals surface area contributed by atoms with Crippen LogP contribution < -0.4 is 5.32 Å². The molecule has 0 atom stereocenters. The van der Waals surface area contributed by atoms with E-state index in [0.29, 0.717) is 12.3 Å². The van der Waals surface area contributed by atoms with E-state index in [1.807, 2.05) is 0 Å². The molecule has 0 spiro atoms. The van der Waals surface area contributed by atoms with Crippen molar-refractivity contribution in [1.29, 1.82) is 0 Å². The summed E-state index contributed by atoms with van der Waals surface area (Å²) >= 11 is 5.89. The Morgan fingerprint density at radius 2 is 2.12 bits per heavy atom. The minimum Gasteiger partial charge on any atom is -0.478 e. The van der Waals surface area contributed by atoms with Gasteiger partial charge >= 0.3 is 5.97 Å². The van der Waals surface area contributed by atoms with Crippen LogP contribution in [0.3, 0.4) is 0 Å². The van der Waals surface area contributed by atoms with Crippen LogP contribution in [0.4, 0.5) is 5.69 Å². The molecule has 17 heavy (non-hydrogen) atoms. The van der Waals surface area contributed by atoms with Gasteiger partial charge in [-0.15, -0.1) is 0 Å². The second kappa shape index (κ2) is 4.75. The summed E-state index contributed by atoms with van der Waals surface area (Å²) in [5.74, 6) is -0.830. The molecule has 1 aliphatic rings. The lowest BCUT2D eigenvalue weighted by molar-refractivity contribution is -0.116. The van der Waals surface area contributed by atoms with Crippen molar-refractivity contribution in [3.8, 4) is 0 Å². The van der Waals surface area contributed by atoms with Gasteiger partial charge in [0.15, 0.2) is 0 Å². The van der Waals surface area contributed by atoms with E-state index in [9.17, 15) is 9.59 Å². The van der Waals surface area contributed by atoms with E-state index >= 15 is 0 Å². The van der Waals surface area contributed by atoms with Crippen molar-refractivity contribution in [3.05, 3.63) is 28.8 Å². The molecule has 0 unspecified atom stereocenters. The molecule has 1 amide bonds. The molecule has 0 radical (unpaired) electrons. The topological polar surface area (TPSA) is 66.4 Å². The first kappa shape index (κ1) is 11.9. The van der Waals surface area contributed by atoms with Crippen LogP contribution in [0.2, 0.25) is 5.02 Å². The zero-order valence-electron chi connectivity index (χ0n) is 9.07. The Kier molecular flexibility index (Phi) is 3.33. The summed E-state index contributed by atoms with van der Waals surface area (Å²) in [6, 6.07) is 4.52. The highest BCUT2D eigenvalue weighted by atomic mass is 35.5. The van der Waals surface area contributed by atoms with Crippen LogP contribution in [-0.2, 0) is 4.79 Å². The van der Waals surface area contributed by atoms with Crippen molar-refractivity contribution < 1.29 is 14.7 Å². The first-order chi connectivity index (χ1) is 8.08. The first-order valence-electron chi connectivity index (χ1n) is 5.39. The molecule has 0 saturated heterocycles. The SMILES string of the molecule is O=C(CC1CC1)Nc1c(Cl)cccc1C(=O)O. The Morgan fingerprint density at radius 3 is 2.71 bits per heavy atom. The number of carbonyl (C=O) groups excluding carboxylic acids is 1. The van der Waals surface area contributed by atoms with Gasteiger partial charge in [0.1, 0.15) is 0 Å². The predicted octanol–water partition coefficient (Wildman–Crippen LogP) is 2.78. The summed E-state index contributed by atoms with van der Waals surface area (Å²) in [6.07, 6.45) is 2.58. The van der Waals surface area contributed by atoms with E-state index < -0.39 is 5.97 Å². The maximum atomic E-state index is 11.6. The summed E-state index contributed by atoms with van der Waals surface area (Å²) in [4.78, 5) is 22.6. The minimum atomic E-state index is -1.10. The molecule has 0 bridgehead atoms. The van der Waals surface area contributed by atoms with Crippen LogP contribution in [0.1, 0.15) is 29.6 Å². The van der Waals surface area contributed by atoms with Crippen molar-refractivity contribution >= 4 is 29.2 Å². The Morgan fingerprint density at radius 1 is 1.41 bits per heavy atom. The van der Waals surface area contributed by atoms with Crippen molar-refractivity contribution in [2.24, 2.45) is 5.92 Å². The van der Waals surface area contributed by atoms with Gasteiger partial charge in [-0.2, -0.15) is 0 Å². The lowest BCUT2D eigenvalue weighted by atomic mass is 10.1. The zero-order valence-corrected chi connectivity index (χ0v) is 9.83. The fourth-order valence-electron chi connectivity index (χ4n) is 1.60. The Labute approximate surface area is 104 Å². The molecule has 0 aromatic heterocycles. The highest BCUT2D eigenvalue weighted by Crippen LogP contribution is 2.33. The fraction of sp³-hybridized carbons (Fsp3) is 0.333.